The first-order valence-corrected chi connectivity index (χ1v) is 5.59. The van der Waals surface area contributed by atoms with Gasteiger partial charge in [0.05, 0.1) is 0 Å². The average Bonchev–Trinajstić information content (AvgIpc) is 2.17. The molecule has 0 bridgehead atoms. The second kappa shape index (κ2) is 5.56. The van der Waals surface area contributed by atoms with Crippen molar-refractivity contribution in [1.82, 2.24) is 0 Å². The maximum Gasteiger partial charge on any atom is 0.400 e. The molecule has 0 atom stereocenters. The van der Waals surface area contributed by atoms with Gasteiger partial charge >= 0.3 is 6.18 Å². The van der Waals surface area contributed by atoms with Crippen LogP contribution in [0.1, 0.15) is 40.5 Å². The number of carbonyl (C=O) groups excluding carboxylic acids is 1. The number of allylic oxidation sites excluding steroid dienone is 2. The molecule has 0 heterocycles. The van der Waals surface area contributed by atoms with Gasteiger partial charge in [0, 0.05) is 12.0 Å². The summed E-state index contributed by atoms with van der Waals surface area (Å²) in [5, 5.41) is 9.44. The summed E-state index contributed by atoms with van der Waals surface area (Å²) < 4.78 is 37.8. The van der Waals surface area contributed by atoms with Crippen LogP contribution in [0.25, 0.3) is 0 Å². The first-order chi connectivity index (χ1) is 7.57. The van der Waals surface area contributed by atoms with E-state index in [4.69, 9.17) is 0 Å². The molecule has 17 heavy (non-hydrogen) atoms. The van der Waals surface area contributed by atoms with E-state index in [0.717, 1.165) is 13.8 Å². The van der Waals surface area contributed by atoms with E-state index in [-0.39, 0.29) is 5.92 Å². The summed E-state index contributed by atoms with van der Waals surface area (Å²) in [5.41, 5.74) is -2.39. The van der Waals surface area contributed by atoms with Crippen molar-refractivity contribution in [3.8, 4) is 0 Å². The van der Waals surface area contributed by atoms with Crippen molar-refractivity contribution < 1.29 is 23.1 Å². The molecule has 0 aromatic heterocycles. The molecular formula is C12H19F3O2. The van der Waals surface area contributed by atoms with E-state index in [1.807, 2.05) is 0 Å². The highest BCUT2D eigenvalue weighted by molar-refractivity contribution is 5.92. The van der Waals surface area contributed by atoms with Gasteiger partial charge in [0.25, 0.3) is 0 Å². The summed E-state index contributed by atoms with van der Waals surface area (Å²) in [6.07, 6.45) is -2.77. The lowest BCUT2D eigenvalue weighted by Gasteiger charge is -2.27. The Morgan fingerprint density at radius 2 is 1.65 bits per heavy atom. The lowest BCUT2D eigenvalue weighted by atomic mass is 9.87. The highest BCUT2D eigenvalue weighted by Crippen LogP contribution is 2.42. The third-order valence-corrected chi connectivity index (χ3v) is 3.02. The molecule has 0 aromatic rings. The maximum atomic E-state index is 12.6. The molecule has 0 aliphatic rings. The van der Waals surface area contributed by atoms with Crippen molar-refractivity contribution in [2.75, 3.05) is 0 Å². The van der Waals surface area contributed by atoms with Gasteiger partial charge in [0.2, 0.25) is 0 Å². The molecular weight excluding hydrogens is 233 g/mol. The molecule has 0 spiro atoms. The molecule has 0 fully saturated rings. The summed E-state index contributed by atoms with van der Waals surface area (Å²) in [6, 6.07) is 0. The topological polar surface area (TPSA) is 37.3 Å². The van der Waals surface area contributed by atoms with Gasteiger partial charge in [0.15, 0.2) is 5.78 Å². The van der Waals surface area contributed by atoms with Gasteiger partial charge in [-0.05, 0) is 26.7 Å². The Kier molecular flexibility index (Phi) is 5.23. The molecule has 1 N–H and O–H groups in total. The van der Waals surface area contributed by atoms with E-state index < -0.39 is 23.1 Å². The first-order valence-electron chi connectivity index (χ1n) is 5.59. The van der Waals surface area contributed by atoms with Crippen LogP contribution in [-0.4, -0.2) is 17.1 Å². The molecule has 0 aliphatic heterocycles. The molecule has 0 amide bonds. The van der Waals surface area contributed by atoms with E-state index in [0.29, 0.717) is 18.9 Å². The van der Waals surface area contributed by atoms with Gasteiger partial charge in [-0.25, -0.2) is 0 Å². The molecule has 0 rings (SSSR count). The number of hydrogen-bond acceptors (Lipinski definition) is 2. The van der Waals surface area contributed by atoms with Crippen LogP contribution in [-0.2, 0) is 4.79 Å². The minimum atomic E-state index is -4.58. The van der Waals surface area contributed by atoms with Crippen LogP contribution in [0, 0.1) is 11.3 Å². The zero-order chi connectivity index (χ0) is 13.9. The van der Waals surface area contributed by atoms with Crippen LogP contribution in [0.2, 0.25) is 0 Å². The Hall–Kier alpha value is -1.00. The Bertz CT molecular complexity index is 299. The highest BCUT2D eigenvalue weighted by Gasteiger charge is 2.50. The zero-order valence-corrected chi connectivity index (χ0v) is 10.6. The van der Waals surface area contributed by atoms with Crippen molar-refractivity contribution in [2.45, 2.75) is 46.7 Å². The largest absolute Gasteiger partial charge is 0.511 e. The van der Waals surface area contributed by atoms with Gasteiger partial charge in [-0.3, -0.25) is 4.79 Å². The van der Waals surface area contributed by atoms with Crippen LogP contribution in [0.5, 0.6) is 0 Å². The Morgan fingerprint density at radius 3 is 1.94 bits per heavy atom. The number of ketones is 1. The van der Waals surface area contributed by atoms with Crippen molar-refractivity contribution in [3.05, 3.63) is 11.8 Å². The minimum Gasteiger partial charge on any atom is -0.511 e. The molecule has 0 radical (unpaired) electrons. The fraction of sp³-hybridized carbons (Fsp3) is 0.750. The van der Waals surface area contributed by atoms with Crippen LogP contribution in [0.3, 0.4) is 0 Å². The molecule has 0 saturated carbocycles. The van der Waals surface area contributed by atoms with E-state index in [2.05, 4.69) is 0 Å². The Balaban J connectivity index is 5.05. The number of alkyl halides is 3. The van der Waals surface area contributed by atoms with Gasteiger partial charge in [0.1, 0.15) is 11.2 Å². The molecule has 0 saturated heterocycles. The quantitative estimate of drug-likeness (QED) is 0.592. The molecule has 0 aromatic carbocycles. The van der Waals surface area contributed by atoms with Crippen molar-refractivity contribution in [1.29, 1.82) is 0 Å². The predicted octanol–water partition coefficient (Wildman–Crippen LogP) is 4.02. The second-order valence-electron chi connectivity index (χ2n) is 4.57. The standard InChI is InChI=1S/C12H19F3O2/c1-5-8(6-2)9(16)7-10(17)11(3,4)12(13,14)15/h7-8,17H,5-6H2,1-4H3. The number of aliphatic hydroxyl groups excluding tert-OH is 1. The number of aliphatic hydroxyl groups is 1. The summed E-state index contributed by atoms with van der Waals surface area (Å²) in [5.74, 6) is -1.71. The number of carbonyl (C=O) groups is 1. The van der Waals surface area contributed by atoms with Gasteiger partial charge in [-0.15, -0.1) is 0 Å². The van der Waals surface area contributed by atoms with Crippen LogP contribution in [0.4, 0.5) is 13.2 Å². The molecule has 100 valence electrons. The van der Waals surface area contributed by atoms with E-state index in [1.165, 1.54) is 0 Å². The second-order valence-corrected chi connectivity index (χ2v) is 4.57. The summed E-state index contributed by atoms with van der Waals surface area (Å²) in [7, 11) is 0. The SMILES string of the molecule is CCC(CC)C(=O)C=C(O)C(C)(C)C(F)(F)F. The predicted molar refractivity (Wildman–Crippen MR) is 59.6 cm³/mol. The average molecular weight is 252 g/mol. The van der Waals surface area contributed by atoms with Gasteiger partial charge in [-0.2, -0.15) is 13.2 Å². The summed E-state index contributed by atoms with van der Waals surface area (Å²) in [4.78, 5) is 11.6. The maximum absolute atomic E-state index is 12.6. The normalized spacial score (nSPS) is 14.2. The first kappa shape index (κ1) is 16.0. The van der Waals surface area contributed by atoms with Crippen LogP contribution in [0.15, 0.2) is 11.8 Å². The van der Waals surface area contributed by atoms with Crippen LogP contribution < -0.4 is 0 Å². The van der Waals surface area contributed by atoms with E-state index >= 15 is 0 Å². The lowest BCUT2D eigenvalue weighted by molar-refractivity contribution is -0.206. The highest BCUT2D eigenvalue weighted by atomic mass is 19.4. The van der Waals surface area contributed by atoms with Crippen LogP contribution >= 0.6 is 0 Å². The van der Waals surface area contributed by atoms with Crippen molar-refractivity contribution in [3.63, 3.8) is 0 Å². The summed E-state index contributed by atoms with van der Waals surface area (Å²) >= 11 is 0. The molecule has 0 unspecified atom stereocenters. The minimum absolute atomic E-state index is 0.332. The monoisotopic (exact) mass is 252 g/mol. The lowest BCUT2D eigenvalue weighted by Crippen LogP contribution is -2.34. The Labute approximate surface area is 99.5 Å². The Morgan fingerprint density at radius 1 is 1.24 bits per heavy atom. The molecule has 0 aliphatic carbocycles. The van der Waals surface area contributed by atoms with Crippen molar-refractivity contribution >= 4 is 5.78 Å². The van der Waals surface area contributed by atoms with Crippen molar-refractivity contribution in [2.24, 2.45) is 11.3 Å². The van der Waals surface area contributed by atoms with Gasteiger partial charge in [-0.1, -0.05) is 13.8 Å². The third kappa shape index (κ3) is 3.75. The summed E-state index contributed by atoms with van der Waals surface area (Å²) in [6.45, 7) is 5.26. The number of hydrogen-bond donors (Lipinski definition) is 1. The van der Waals surface area contributed by atoms with Gasteiger partial charge < -0.3 is 5.11 Å². The van der Waals surface area contributed by atoms with E-state index in [9.17, 15) is 23.1 Å². The number of halogens is 3. The molecule has 2 nitrogen and oxygen atoms in total. The fourth-order valence-electron chi connectivity index (χ4n) is 1.27. The zero-order valence-electron chi connectivity index (χ0n) is 10.6. The third-order valence-electron chi connectivity index (χ3n) is 3.02. The molecule has 5 heteroatoms. The fourth-order valence-corrected chi connectivity index (χ4v) is 1.27. The smallest absolute Gasteiger partial charge is 0.400 e. The number of rotatable bonds is 5. The van der Waals surface area contributed by atoms with E-state index in [1.54, 1.807) is 13.8 Å².